The first-order valence-corrected chi connectivity index (χ1v) is 7.20. The van der Waals surface area contributed by atoms with Gasteiger partial charge in [0.05, 0.1) is 0 Å². The molecule has 0 saturated heterocycles. The third kappa shape index (κ3) is 2.66. The molecule has 0 radical (unpaired) electrons. The van der Waals surface area contributed by atoms with E-state index in [2.05, 4.69) is 40.3 Å². The molecule has 1 aromatic carbocycles. The molecule has 2 atom stereocenters. The normalized spacial score (nSPS) is 24.2. The summed E-state index contributed by atoms with van der Waals surface area (Å²) in [6.07, 6.45) is 4.12. The minimum Gasteiger partial charge on any atom is -0.488 e. The van der Waals surface area contributed by atoms with Crippen LogP contribution >= 0.6 is 15.9 Å². The molecule has 0 amide bonds. The van der Waals surface area contributed by atoms with Crippen LogP contribution in [-0.2, 0) is 6.42 Å². The summed E-state index contributed by atoms with van der Waals surface area (Å²) in [6, 6.07) is 6.92. The van der Waals surface area contributed by atoms with Gasteiger partial charge in [-0.3, -0.25) is 0 Å². The Kier molecular flexibility index (Phi) is 3.14. The zero-order valence-corrected chi connectivity index (χ0v) is 11.7. The molecule has 0 bridgehead atoms. The van der Waals surface area contributed by atoms with Crippen molar-refractivity contribution in [2.45, 2.75) is 38.3 Å². The van der Waals surface area contributed by atoms with Gasteiger partial charge in [0.15, 0.2) is 0 Å². The van der Waals surface area contributed by atoms with Crippen LogP contribution < -0.4 is 10.1 Å². The largest absolute Gasteiger partial charge is 0.488 e. The maximum Gasteiger partial charge on any atom is 0.123 e. The third-order valence-electron chi connectivity index (χ3n) is 3.76. The maximum absolute atomic E-state index is 5.93. The Bertz CT molecular complexity index is 417. The Morgan fingerprint density at radius 3 is 3.06 bits per heavy atom. The number of halogens is 1. The van der Waals surface area contributed by atoms with Gasteiger partial charge >= 0.3 is 0 Å². The fourth-order valence-electron chi connectivity index (χ4n) is 2.48. The lowest BCUT2D eigenvalue weighted by atomic mass is 10.1. The van der Waals surface area contributed by atoms with Crippen molar-refractivity contribution >= 4 is 15.9 Å². The molecular weight excluding hydrogens is 278 g/mol. The zero-order valence-electron chi connectivity index (χ0n) is 10.1. The Balaban J connectivity index is 1.54. The summed E-state index contributed by atoms with van der Waals surface area (Å²) >= 11 is 3.50. The second kappa shape index (κ2) is 4.62. The van der Waals surface area contributed by atoms with Gasteiger partial charge in [-0.25, -0.2) is 0 Å². The summed E-state index contributed by atoms with van der Waals surface area (Å²) in [5.74, 6) is 1.96. The van der Waals surface area contributed by atoms with Crippen molar-refractivity contribution in [3.05, 3.63) is 28.2 Å². The maximum atomic E-state index is 5.93. The van der Waals surface area contributed by atoms with Crippen molar-refractivity contribution in [3.63, 3.8) is 0 Å². The van der Waals surface area contributed by atoms with Crippen LogP contribution in [0.25, 0.3) is 0 Å². The van der Waals surface area contributed by atoms with Crippen LogP contribution in [0.5, 0.6) is 5.75 Å². The predicted octanol–water partition coefficient (Wildman–Crippen LogP) is 3.14. The fraction of sp³-hybridized carbons (Fsp3) is 0.571. The summed E-state index contributed by atoms with van der Waals surface area (Å²) in [7, 11) is 0. The van der Waals surface area contributed by atoms with E-state index >= 15 is 0 Å². The number of ether oxygens (including phenoxy) is 1. The third-order valence-corrected chi connectivity index (χ3v) is 4.25. The molecule has 1 heterocycles. The summed E-state index contributed by atoms with van der Waals surface area (Å²) in [4.78, 5) is 0. The van der Waals surface area contributed by atoms with Gasteiger partial charge in [0.1, 0.15) is 11.9 Å². The molecule has 1 aliphatic heterocycles. The van der Waals surface area contributed by atoms with Crippen LogP contribution in [-0.4, -0.2) is 18.7 Å². The zero-order chi connectivity index (χ0) is 11.8. The van der Waals surface area contributed by atoms with Crippen LogP contribution in [0.4, 0.5) is 0 Å². The average Bonchev–Trinajstić information content (AvgIpc) is 3.07. The van der Waals surface area contributed by atoms with Crippen LogP contribution in [0.15, 0.2) is 22.7 Å². The number of fused-ring (bicyclic) bond motifs is 1. The molecule has 1 saturated carbocycles. The quantitative estimate of drug-likeness (QED) is 0.921. The SMILES string of the molecule is CC(NCC1Cc2cc(Br)ccc2O1)C1CC1. The molecule has 3 rings (SSSR count). The number of benzene rings is 1. The van der Waals surface area contributed by atoms with Crippen LogP contribution in [0.3, 0.4) is 0 Å². The smallest absolute Gasteiger partial charge is 0.123 e. The topological polar surface area (TPSA) is 21.3 Å². The van der Waals surface area contributed by atoms with Crippen molar-refractivity contribution in [3.8, 4) is 5.75 Å². The standard InChI is InChI=1S/C14H18BrNO/c1-9(10-2-3-10)16-8-13-7-11-6-12(15)4-5-14(11)17-13/h4-6,9-10,13,16H,2-3,7-8H2,1H3. The highest BCUT2D eigenvalue weighted by molar-refractivity contribution is 9.10. The van der Waals surface area contributed by atoms with Gasteiger partial charge in [-0.05, 0) is 49.4 Å². The molecule has 2 nitrogen and oxygen atoms in total. The first-order valence-electron chi connectivity index (χ1n) is 6.41. The van der Waals surface area contributed by atoms with Crippen LogP contribution in [0, 0.1) is 5.92 Å². The van der Waals surface area contributed by atoms with Gasteiger partial charge in [0, 0.05) is 23.5 Å². The van der Waals surface area contributed by atoms with E-state index in [-0.39, 0.29) is 0 Å². The lowest BCUT2D eigenvalue weighted by molar-refractivity contribution is 0.220. The Morgan fingerprint density at radius 1 is 1.47 bits per heavy atom. The fourth-order valence-corrected chi connectivity index (χ4v) is 2.89. The lowest BCUT2D eigenvalue weighted by Crippen LogP contribution is -2.36. The van der Waals surface area contributed by atoms with Crippen molar-refractivity contribution < 1.29 is 4.74 Å². The molecule has 0 spiro atoms. The Labute approximate surface area is 111 Å². The number of hydrogen-bond donors (Lipinski definition) is 1. The minimum atomic E-state index is 0.306. The molecule has 0 aromatic heterocycles. The second-order valence-electron chi connectivity index (χ2n) is 5.23. The molecule has 1 aliphatic carbocycles. The van der Waals surface area contributed by atoms with E-state index in [1.165, 1.54) is 18.4 Å². The van der Waals surface area contributed by atoms with E-state index in [0.29, 0.717) is 12.1 Å². The van der Waals surface area contributed by atoms with Crippen LogP contribution in [0.2, 0.25) is 0 Å². The molecule has 1 aromatic rings. The number of nitrogens with one attached hydrogen (secondary N) is 1. The van der Waals surface area contributed by atoms with E-state index in [0.717, 1.165) is 29.1 Å². The molecule has 17 heavy (non-hydrogen) atoms. The first-order chi connectivity index (χ1) is 8.22. The van der Waals surface area contributed by atoms with Crippen LogP contribution in [0.1, 0.15) is 25.3 Å². The predicted molar refractivity (Wildman–Crippen MR) is 72.5 cm³/mol. The van der Waals surface area contributed by atoms with Gasteiger partial charge in [-0.15, -0.1) is 0 Å². The van der Waals surface area contributed by atoms with Gasteiger partial charge in [0.25, 0.3) is 0 Å². The van der Waals surface area contributed by atoms with E-state index < -0.39 is 0 Å². The van der Waals surface area contributed by atoms with Crippen molar-refractivity contribution in [2.24, 2.45) is 5.92 Å². The van der Waals surface area contributed by atoms with E-state index in [9.17, 15) is 0 Å². The van der Waals surface area contributed by atoms with Crippen molar-refractivity contribution in [2.75, 3.05) is 6.54 Å². The van der Waals surface area contributed by atoms with Gasteiger partial charge in [-0.2, -0.15) is 0 Å². The minimum absolute atomic E-state index is 0.306. The van der Waals surface area contributed by atoms with Gasteiger partial charge in [-0.1, -0.05) is 15.9 Å². The highest BCUT2D eigenvalue weighted by Crippen LogP contribution is 2.33. The highest BCUT2D eigenvalue weighted by atomic mass is 79.9. The van der Waals surface area contributed by atoms with Gasteiger partial charge in [0.2, 0.25) is 0 Å². The van der Waals surface area contributed by atoms with E-state index in [4.69, 9.17) is 4.74 Å². The number of hydrogen-bond acceptors (Lipinski definition) is 2. The number of rotatable bonds is 4. The van der Waals surface area contributed by atoms with Crippen molar-refractivity contribution in [1.82, 2.24) is 5.32 Å². The average molecular weight is 296 g/mol. The van der Waals surface area contributed by atoms with Gasteiger partial charge < -0.3 is 10.1 Å². The first kappa shape index (κ1) is 11.5. The van der Waals surface area contributed by atoms with E-state index in [1.807, 2.05) is 6.07 Å². The molecule has 1 fully saturated rings. The summed E-state index contributed by atoms with van der Waals surface area (Å²) < 4.78 is 7.07. The lowest BCUT2D eigenvalue weighted by Gasteiger charge is -2.16. The molecule has 92 valence electrons. The van der Waals surface area contributed by atoms with E-state index in [1.54, 1.807) is 0 Å². The highest BCUT2D eigenvalue weighted by Gasteiger charge is 2.29. The molecule has 2 unspecified atom stereocenters. The summed E-state index contributed by atoms with van der Waals surface area (Å²) in [6.45, 7) is 3.25. The second-order valence-corrected chi connectivity index (χ2v) is 6.15. The monoisotopic (exact) mass is 295 g/mol. The summed E-state index contributed by atoms with van der Waals surface area (Å²) in [5, 5.41) is 3.60. The molecular formula is C14H18BrNO. The summed E-state index contributed by atoms with van der Waals surface area (Å²) in [5.41, 5.74) is 1.32. The Morgan fingerprint density at radius 2 is 2.29 bits per heavy atom. The molecule has 1 N–H and O–H groups in total. The molecule has 3 heteroatoms. The van der Waals surface area contributed by atoms with Crippen molar-refractivity contribution in [1.29, 1.82) is 0 Å². The Hall–Kier alpha value is -0.540. The molecule has 2 aliphatic rings.